The average Bonchev–Trinajstić information content (AvgIpc) is 2.70. The smallest absolute Gasteiger partial charge is 0.401 e. The van der Waals surface area contributed by atoms with E-state index in [4.69, 9.17) is 10.2 Å². The summed E-state index contributed by atoms with van der Waals surface area (Å²) in [5, 5.41) is 23.4. The van der Waals surface area contributed by atoms with Crippen LogP contribution in [0.4, 0.5) is 11.8 Å². The van der Waals surface area contributed by atoms with Gasteiger partial charge in [0.2, 0.25) is 0 Å². The van der Waals surface area contributed by atoms with Crippen LogP contribution in [-0.4, -0.2) is 25.4 Å². The Balaban J connectivity index is 2.51. The van der Waals surface area contributed by atoms with Crippen molar-refractivity contribution < 1.29 is 14.0 Å². The average molecular weight is 198 g/mol. The molecule has 0 saturated heterocycles. The first-order valence-corrected chi connectivity index (χ1v) is 3.25. The van der Waals surface area contributed by atoms with Gasteiger partial charge in [-0.05, 0) is 10.1 Å². The Bertz CT molecular complexity index is 474. The van der Waals surface area contributed by atoms with E-state index in [0.717, 1.165) is 0 Å². The minimum Gasteiger partial charge on any atom is -0.401 e. The molecule has 72 valence electrons. The number of anilines is 1. The van der Waals surface area contributed by atoms with E-state index in [9.17, 15) is 10.1 Å². The van der Waals surface area contributed by atoms with Crippen LogP contribution < -0.4 is 5.73 Å². The summed E-state index contributed by atoms with van der Waals surface area (Å²) in [5.41, 5.74) is 4.87. The molecule has 14 heavy (non-hydrogen) atoms. The third-order valence-electron chi connectivity index (χ3n) is 1.29. The van der Waals surface area contributed by atoms with Crippen LogP contribution in [0.5, 0.6) is 0 Å². The molecule has 0 aromatic carbocycles. The van der Waals surface area contributed by atoms with Gasteiger partial charge in [0.15, 0.2) is 5.16 Å². The molecule has 0 aliphatic carbocycles. The van der Waals surface area contributed by atoms with Crippen molar-refractivity contribution in [3.05, 3.63) is 10.1 Å². The number of hydrogen-bond acceptors (Lipinski definition) is 9. The van der Waals surface area contributed by atoms with Crippen molar-refractivity contribution in [1.29, 1.82) is 0 Å². The second-order valence-corrected chi connectivity index (χ2v) is 2.14. The normalized spacial score (nSPS) is 10.3. The van der Waals surface area contributed by atoms with E-state index < -0.39 is 10.7 Å². The molecule has 0 fully saturated rings. The highest BCUT2D eigenvalue weighted by molar-refractivity contribution is 5.56. The van der Waals surface area contributed by atoms with Gasteiger partial charge < -0.3 is 20.3 Å². The van der Waals surface area contributed by atoms with Crippen molar-refractivity contribution in [3.8, 4) is 11.6 Å². The first kappa shape index (κ1) is 8.10. The summed E-state index contributed by atoms with van der Waals surface area (Å²) in [5.74, 6) is -0.816. The molecule has 2 aromatic rings. The first-order chi connectivity index (χ1) is 6.68. The van der Waals surface area contributed by atoms with Crippen LogP contribution in [0.2, 0.25) is 0 Å². The predicted octanol–water partition coefficient (Wildman–Crippen LogP) is -0.390. The number of rotatable bonds is 2. The zero-order chi connectivity index (χ0) is 10.1. The zero-order valence-electron chi connectivity index (χ0n) is 6.45. The molecular weight excluding hydrogens is 196 g/mol. The van der Waals surface area contributed by atoms with E-state index in [1.807, 2.05) is 0 Å². The minimum absolute atomic E-state index is 0.213. The van der Waals surface area contributed by atoms with Gasteiger partial charge in [0.05, 0.1) is 0 Å². The Kier molecular flexibility index (Phi) is 1.59. The standard InChI is InChI=1S/C4H2N6O4/c5-4-7-6-3(13-4)1-2(10(11)12)9-14-8-1/h(H2,5,7). The largest absolute Gasteiger partial charge is 0.447 e. The van der Waals surface area contributed by atoms with Gasteiger partial charge in [-0.2, -0.15) is 0 Å². The van der Waals surface area contributed by atoms with Crippen LogP contribution in [0, 0.1) is 10.1 Å². The van der Waals surface area contributed by atoms with Crippen molar-refractivity contribution in [2.75, 3.05) is 5.73 Å². The Morgan fingerprint density at radius 2 is 2.14 bits per heavy atom. The lowest BCUT2D eigenvalue weighted by molar-refractivity contribution is -0.390. The van der Waals surface area contributed by atoms with Gasteiger partial charge in [0.25, 0.3) is 11.6 Å². The van der Waals surface area contributed by atoms with Gasteiger partial charge in [-0.15, -0.1) is 9.73 Å². The second kappa shape index (κ2) is 2.76. The monoisotopic (exact) mass is 198 g/mol. The van der Waals surface area contributed by atoms with Crippen LogP contribution in [0.1, 0.15) is 0 Å². The minimum atomic E-state index is -0.785. The van der Waals surface area contributed by atoms with E-state index in [-0.39, 0.29) is 17.6 Å². The molecule has 0 atom stereocenters. The van der Waals surface area contributed by atoms with Gasteiger partial charge in [0, 0.05) is 0 Å². The number of nitrogens with two attached hydrogens (primary N) is 1. The molecule has 2 N–H and O–H groups in total. The molecule has 2 rings (SSSR count). The quantitative estimate of drug-likeness (QED) is 0.502. The highest BCUT2D eigenvalue weighted by Crippen LogP contribution is 2.24. The van der Waals surface area contributed by atoms with Crippen LogP contribution in [0.3, 0.4) is 0 Å². The van der Waals surface area contributed by atoms with Crippen molar-refractivity contribution in [2.45, 2.75) is 0 Å². The molecule has 2 aromatic heterocycles. The maximum atomic E-state index is 10.4. The molecule has 0 saturated carbocycles. The van der Waals surface area contributed by atoms with Gasteiger partial charge in [-0.25, -0.2) is 0 Å². The number of nitrogen functional groups attached to an aromatic ring is 1. The molecule has 0 bridgehead atoms. The van der Waals surface area contributed by atoms with Crippen LogP contribution >= 0.6 is 0 Å². The lowest BCUT2D eigenvalue weighted by Gasteiger charge is -1.85. The Morgan fingerprint density at radius 1 is 1.36 bits per heavy atom. The molecule has 2 heterocycles. The van der Waals surface area contributed by atoms with Gasteiger partial charge in [0.1, 0.15) is 0 Å². The van der Waals surface area contributed by atoms with E-state index in [1.54, 1.807) is 0 Å². The number of aromatic nitrogens is 4. The van der Waals surface area contributed by atoms with E-state index >= 15 is 0 Å². The Morgan fingerprint density at radius 3 is 2.71 bits per heavy atom. The lowest BCUT2D eigenvalue weighted by Crippen LogP contribution is -1.91. The molecule has 10 nitrogen and oxygen atoms in total. The van der Waals surface area contributed by atoms with Crippen LogP contribution in [0.15, 0.2) is 9.05 Å². The highest BCUT2D eigenvalue weighted by Gasteiger charge is 2.27. The highest BCUT2D eigenvalue weighted by atomic mass is 16.6. The predicted molar refractivity (Wildman–Crippen MR) is 38.7 cm³/mol. The summed E-state index contributed by atoms with van der Waals surface area (Å²) in [4.78, 5) is 9.60. The van der Waals surface area contributed by atoms with Crippen molar-refractivity contribution in [3.63, 3.8) is 0 Å². The summed E-state index contributed by atoms with van der Waals surface area (Å²) in [6.07, 6.45) is 0. The zero-order valence-corrected chi connectivity index (χ0v) is 6.45. The second-order valence-electron chi connectivity index (χ2n) is 2.14. The first-order valence-electron chi connectivity index (χ1n) is 3.25. The fraction of sp³-hybridized carbons (Fsp3) is 0. The SMILES string of the molecule is Nc1nnc(-c2nonc2[N+](=O)[O-])o1. The number of nitro groups is 1. The molecular formula is C4H2N6O4. The van der Waals surface area contributed by atoms with Crippen molar-refractivity contribution >= 4 is 11.8 Å². The maximum absolute atomic E-state index is 10.4. The fourth-order valence-corrected chi connectivity index (χ4v) is 0.769. The molecule has 0 amide bonds. The van der Waals surface area contributed by atoms with Crippen molar-refractivity contribution in [2.24, 2.45) is 0 Å². The summed E-state index contributed by atoms with van der Waals surface area (Å²) >= 11 is 0. The summed E-state index contributed by atoms with van der Waals surface area (Å²) in [7, 11) is 0. The Hall–Kier alpha value is -2.52. The molecule has 0 unspecified atom stereocenters. The topological polar surface area (TPSA) is 147 Å². The number of hydrogen-bond donors (Lipinski definition) is 1. The summed E-state index contributed by atoms with van der Waals surface area (Å²) in [6.45, 7) is 0. The molecule has 0 aliphatic rings. The molecule has 0 spiro atoms. The van der Waals surface area contributed by atoms with Gasteiger partial charge in [-0.1, -0.05) is 5.10 Å². The Labute approximate surface area is 74.8 Å². The van der Waals surface area contributed by atoms with E-state index in [0.29, 0.717) is 0 Å². The van der Waals surface area contributed by atoms with Gasteiger partial charge >= 0.3 is 11.8 Å². The van der Waals surface area contributed by atoms with Crippen LogP contribution in [0.25, 0.3) is 11.6 Å². The molecule has 10 heteroatoms. The molecule has 0 radical (unpaired) electrons. The third kappa shape index (κ3) is 1.14. The lowest BCUT2D eigenvalue weighted by atomic mass is 10.4. The maximum Gasteiger partial charge on any atom is 0.447 e. The fourth-order valence-electron chi connectivity index (χ4n) is 0.769. The van der Waals surface area contributed by atoms with Crippen LogP contribution in [-0.2, 0) is 0 Å². The van der Waals surface area contributed by atoms with Crippen molar-refractivity contribution in [1.82, 2.24) is 20.5 Å². The van der Waals surface area contributed by atoms with Gasteiger partial charge in [-0.3, -0.25) is 0 Å². The third-order valence-corrected chi connectivity index (χ3v) is 1.29. The summed E-state index contributed by atoms with van der Waals surface area (Å²) in [6, 6.07) is -0.225. The van der Waals surface area contributed by atoms with E-state index in [2.05, 4.69) is 25.1 Å². The van der Waals surface area contributed by atoms with E-state index in [1.165, 1.54) is 0 Å². The summed E-state index contributed by atoms with van der Waals surface area (Å²) < 4.78 is 8.87. The molecule has 0 aliphatic heterocycles. The number of nitrogens with zero attached hydrogens (tertiary/aromatic N) is 5.